The molecule has 0 saturated heterocycles. The number of carbonyl (C=O) groups is 1. The molecule has 0 fully saturated rings. The van der Waals surface area contributed by atoms with Crippen LogP contribution in [0.25, 0.3) is 0 Å². The van der Waals surface area contributed by atoms with E-state index in [-0.39, 0.29) is 28.2 Å². The van der Waals surface area contributed by atoms with E-state index in [1.165, 1.54) is 7.11 Å². The van der Waals surface area contributed by atoms with Gasteiger partial charge in [0.05, 0.1) is 29.5 Å². The lowest BCUT2D eigenvalue weighted by Crippen LogP contribution is -2.27. The van der Waals surface area contributed by atoms with Crippen molar-refractivity contribution in [2.75, 3.05) is 17.7 Å². The van der Waals surface area contributed by atoms with Crippen molar-refractivity contribution in [2.45, 2.75) is 24.8 Å². The average molecular weight is 481 g/mol. The minimum Gasteiger partial charge on any atom is -0.503 e. The largest absolute Gasteiger partial charge is 0.503 e. The minimum absolute atomic E-state index is 0.0266. The standard InChI is InChI=1S/C26H22Cl2N2O3/c1-33-23-13-15(10-18(28)26(23)32)25-24-21(29-19-8-4-5-9-20(19)30-25)11-14(12-22(24)31)16-6-2-3-7-17(16)27/h2-10,13-14,25,29-30,32H,11-12H2,1H3/t14-,25-/m0/s1. The van der Waals surface area contributed by atoms with Gasteiger partial charge < -0.3 is 20.5 Å². The molecule has 168 valence electrons. The molecule has 2 aliphatic rings. The van der Waals surface area contributed by atoms with Crippen LogP contribution in [0.2, 0.25) is 10.0 Å². The Bertz CT molecular complexity index is 1290. The van der Waals surface area contributed by atoms with Crippen LogP contribution in [0.5, 0.6) is 11.5 Å². The molecule has 5 rings (SSSR count). The molecule has 3 aromatic rings. The van der Waals surface area contributed by atoms with E-state index < -0.39 is 6.04 Å². The number of allylic oxidation sites excluding steroid dienone is 1. The molecule has 2 atom stereocenters. The molecule has 5 nitrogen and oxygen atoms in total. The molecule has 0 radical (unpaired) electrons. The van der Waals surface area contributed by atoms with Gasteiger partial charge in [0, 0.05) is 22.7 Å². The molecule has 3 aromatic carbocycles. The zero-order valence-corrected chi connectivity index (χ0v) is 19.4. The quantitative estimate of drug-likeness (QED) is 0.389. The number of benzene rings is 3. The van der Waals surface area contributed by atoms with Gasteiger partial charge >= 0.3 is 0 Å². The van der Waals surface area contributed by atoms with E-state index in [2.05, 4.69) is 10.6 Å². The molecule has 1 aliphatic carbocycles. The lowest BCUT2D eigenvalue weighted by atomic mass is 9.78. The molecule has 0 aromatic heterocycles. The smallest absolute Gasteiger partial charge is 0.176 e. The van der Waals surface area contributed by atoms with Crippen molar-refractivity contribution < 1.29 is 14.6 Å². The second kappa shape index (κ2) is 8.65. The van der Waals surface area contributed by atoms with E-state index in [9.17, 15) is 9.90 Å². The summed E-state index contributed by atoms with van der Waals surface area (Å²) in [5.74, 6) is 0.130. The van der Waals surface area contributed by atoms with Gasteiger partial charge in [-0.2, -0.15) is 0 Å². The van der Waals surface area contributed by atoms with Crippen LogP contribution < -0.4 is 15.4 Å². The predicted octanol–water partition coefficient (Wildman–Crippen LogP) is 6.69. The van der Waals surface area contributed by atoms with Gasteiger partial charge in [0.2, 0.25) is 0 Å². The van der Waals surface area contributed by atoms with E-state index in [4.69, 9.17) is 27.9 Å². The predicted molar refractivity (Wildman–Crippen MR) is 132 cm³/mol. The van der Waals surface area contributed by atoms with Crippen LogP contribution in [0.1, 0.15) is 35.9 Å². The fourth-order valence-corrected chi connectivity index (χ4v) is 5.19. The van der Waals surface area contributed by atoms with Crippen LogP contribution in [-0.4, -0.2) is 18.0 Å². The fraction of sp³-hybridized carbons (Fsp3) is 0.192. The highest BCUT2D eigenvalue weighted by Gasteiger charge is 2.37. The summed E-state index contributed by atoms with van der Waals surface area (Å²) in [4.78, 5) is 13.6. The molecule has 7 heteroatoms. The van der Waals surface area contributed by atoms with E-state index >= 15 is 0 Å². The molecule has 0 unspecified atom stereocenters. The zero-order chi connectivity index (χ0) is 23.1. The first-order valence-electron chi connectivity index (χ1n) is 10.7. The maximum absolute atomic E-state index is 13.6. The Labute approximate surface area is 202 Å². The molecular formula is C26H22Cl2N2O3. The van der Waals surface area contributed by atoms with E-state index in [0.29, 0.717) is 23.4 Å². The van der Waals surface area contributed by atoms with Crippen LogP contribution in [0, 0.1) is 0 Å². The van der Waals surface area contributed by atoms with Crippen molar-refractivity contribution in [2.24, 2.45) is 0 Å². The first-order chi connectivity index (χ1) is 16.0. The number of hydrogen-bond acceptors (Lipinski definition) is 5. The molecule has 1 aliphatic heterocycles. The molecule has 33 heavy (non-hydrogen) atoms. The number of fused-ring (bicyclic) bond motifs is 1. The highest BCUT2D eigenvalue weighted by Crippen LogP contribution is 2.47. The van der Waals surface area contributed by atoms with Crippen LogP contribution >= 0.6 is 23.2 Å². The van der Waals surface area contributed by atoms with E-state index in [1.54, 1.807) is 12.1 Å². The number of ether oxygens (including phenoxy) is 1. The van der Waals surface area contributed by atoms with E-state index in [1.807, 2.05) is 48.5 Å². The number of rotatable bonds is 3. The van der Waals surface area contributed by atoms with Crippen molar-refractivity contribution in [3.63, 3.8) is 0 Å². The summed E-state index contributed by atoms with van der Waals surface area (Å²) in [6.45, 7) is 0. The number of anilines is 2. The van der Waals surface area contributed by atoms with Gasteiger partial charge in [-0.1, -0.05) is 53.5 Å². The number of methoxy groups -OCH3 is 1. The van der Waals surface area contributed by atoms with Crippen molar-refractivity contribution in [3.8, 4) is 11.5 Å². The number of phenolic OH excluding ortho intramolecular Hbond substituents is 1. The number of ketones is 1. The van der Waals surface area contributed by atoms with Gasteiger partial charge in [0.1, 0.15) is 0 Å². The van der Waals surface area contributed by atoms with E-state index in [0.717, 1.165) is 28.2 Å². The zero-order valence-electron chi connectivity index (χ0n) is 17.9. The SMILES string of the molecule is COc1cc([C@@H]2Nc3ccccc3NC3=C2C(=O)C[C@@H](c2ccccc2Cl)C3)cc(Cl)c1O. The van der Waals surface area contributed by atoms with Crippen LogP contribution in [0.4, 0.5) is 11.4 Å². The first-order valence-corrected chi connectivity index (χ1v) is 11.4. The van der Waals surface area contributed by atoms with Gasteiger partial charge in [-0.15, -0.1) is 0 Å². The third-order valence-electron chi connectivity index (χ3n) is 6.26. The molecule has 0 amide bonds. The topological polar surface area (TPSA) is 70.6 Å². The van der Waals surface area contributed by atoms with Crippen molar-refractivity contribution >= 4 is 40.4 Å². The Hall–Kier alpha value is -3.15. The third-order valence-corrected chi connectivity index (χ3v) is 6.89. The second-order valence-corrected chi connectivity index (χ2v) is 9.06. The second-order valence-electron chi connectivity index (χ2n) is 8.24. The van der Waals surface area contributed by atoms with Gasteiger partial charge in [0.25, 0.3) is 0 Å². The average Bonchev–Trinajstić information content (AvgIpc) is 2.98. The molecule has 1 heterocycles. The summed E-state index contributed by atoms with van der Waals surface area (Å²) < 4.78 is 5.32. The molecular weight excluding hydrogens is 459 g/mol. The Morgan fingerprint density at radius 2 is 1.70 bits per heavy atom. The highest BCUT2D eigenvalue weighted by atomic mass is 35.5. The van der Waals surface area contributed by atoms with Gasteiger partial charge in [-0.25, -0.2) is 0 Å². The maximum atomic E-state index is 13.6. The summed E-state index contributed by atoms with van der Waals surface area (Å²) >= 11 is 12.8. The lowest BCUT2D eigenvalue weighted by molar-refractivity contribution is -0.116. The number of hydrogen-bond donors (Lipinski definition) is 3. The third kappa shape index (κ3) is 3.92. The Morgan fingerprint density at radius 3 is 2.45 bits per heavy atom. The summed E-state index contributed by atoms with van der Waals surface area (Å²) in [5.41, 5.74) is 4.95. The Kier molecular flexibility index (Phi) is 5.69. The van der Waals surface area contributed by atoms with Crippen molar-refractivity contribution in [1.82, 2.24) is 0 Å². The number of halogens is 2. The summed E-state index contributed by atoms with van der Waals surface area (Å²) in [5, 5.41) is 18.1. The van der Waals surface area contributed by atoms with Crippen molar-refractivity contribution in [3.05, 3.63) is 93.1 Å². The lowest BCUT2D eigenvalue weighted by Gasteiger charge is -2.30. The monoisotopic (exact) mass is 480 g/mol. The molecule has 0 saturated carbocycles. The highest BCUT2D eigenvalue weighted by molar-refractivity contribution is 6.32. The molecule has 3 N–H and O–H groups in total. The Balaban J connectivity index is 1.65. The molecule has 0 bridgehead atoms. The minimum atomic E-state index is -0.470. The number of para-hydroxylation sites is 2. The molecule has 0 spiro atoms. The number of aromatic hydroxyl groups is 1. The van der Waals surface area contributed by atoms with Gasteiger partial charge in [-0.3, -0.25) is 4.79 Å². The normalized spacial score (nSPS) is 19.7. The number of Topliss-reactive ketones (excluding diaryl/α,β-unsaturated/α-hetero) is 1. The van der Waals surface area contributed by atoms with Gasteiger partial charge in [-0.05, 0) is 53.8 Å². The first kappa shape index (κ1) is 21.7. The summed E-state index contributed by atoms with van der Waals surface area (Å²) in [7, 11) is 1.47. The summed E-state index contributed by atoms with van der Waals surface area (Å²) in [6, 6.07) is 18.4. The van der Waals surface area contributed by atoms with Gasteiger partial charge in [0.15, 0.2) is 17.3 Å². The maximum Gasteiger partial charge on any atom is 0.176 e. The Morgan fingerprint density at radius 1 is 0.970 bits per heavy atom. The number of carbonyl (C=O) groups excluding carboxylic acids is 1. The number of phenols is 1. The van der Waals surface area contributed by atoms with Crippen LogP contribution in [-0.2, 0) is 4.79 Å². The number of nitrogens with one attached hydrogen (secondary N) is 2. The fourth-order valence-electron chi connectivity index (χ4n) is 4.68. The summed E-state index contributed by atoms with van der Waals surface area (Å²) in [6.07, 6.45) is 0.988. The van der Waals surface area contributed by atoms with Crippen LogP contribution in [0.3, 0.4) is 0 Å². The van der Waals surface area contributed by atoms with Crippen LogP contribution in [0.15, 0.2) is 71.9 Å². The van der Waals surface area contributed by atoms with Crippen molar-refractivity contribution in [1.29, 1.82) is 0 Å².